The normalized spacial score (nSPS) is 10.6. The van der Waals surface area contributed by atoms with Crippen LogP contribution in [0.5, 0.6) is 0 Å². The van der Waals surface area contributed by atoms with Crippen LogP contribution in [-0.2, 0) is 9.53 Å². The number of carbonyl (C=O) groups is 2. The van der Waals surface area contributed by atoms with E-state index in [-0.39, 0.29) is 11.8 Å². The van der Waals surface area contributed by atoms with Crippen LogP contribution in [0.1, 0.15) is 55.8 Å². The lowest BCUT2D eigenvalue weighted by atomic mass is 10.2. The quantitative estimate of drug-likeness (QED) is 0.561. The molecule has 0 spiro atoms. The molecule has 6 nitrogen and oxygen atoms in total. The van der Waals surface area contributed by atoms with E-state index in [9.17, 15) is 9.59 Å². The molecule has 0 bridgehead atoms. The SMILES string of the molecule is CCCCCCN(CCC(=O)NCCCOC)C(=O)c1ccoc1. The summed E-state index contributed by atoms with van der Waals surface area (Å²) in [5.74, 6) is -0.114. The zero-order chi connectivity index (χ0) is 17.6. The van der Waals surface area contributed by atoms with Gasteiger partial charge in [0.1, 0.15) is 6.26 Å². The fourth-order valence-electron chi connectivity index (χ4n) is 2.38. The van der Waals surface area contributed by atoms with Gasteiger partial charge in [-0.15, -0.1) is 0 Å². The van der Waals surface area contributed by atoms with Crippen LogP contribution in [0.4, 0.5) is 0 Å². The van der Waals surface area contributed by atoms with Crippen molar-refractivity contribution in [3.63, 3.8) is 0 Å². The van der Waals surface area contributed by atoms with Gasteiger partial charge >= 0.3 is 0 Å². The van der Waals surface area contributed by atoms with Gasteiger partial charge in [0.25, 0.3) is 5.91 Å². The Labute approximate surface area is 144 Å². The molecule has 0 aliphatic rings. The van der Waals surface area contributed by atoms with Crippen molar-refractivity contribution in [3.8, 4) is 0 Å². The Morgan fingerprint density at radius 3 is 2.71 bits per heavy atom. The molecular weight excluding hydrogens is 308 g/mol. The molecule has 1 aromatic rings. The molecule has 0 radical (unpaired) electrons. The molecule has 0 unspecified atom stereocenters. The summed E-state index contributed by atoms with van der Waals surface area (Å²) in [6, 6.07) is 1.66. The first-order valence-electron chi connectivity index (χ1n) is 8.76. The van der Waals surface area contributed by atoms with Crippen LogP contribution in [0.3, 0.4) is 0 Å². The Morgan fingerprint density at radius 2 is 2.04 bits per heavy atom. The van der Waals surface area contributed by atoms with Crippen molar-refractivity contribution in [2.75, 3.05) is 33.4 Å². The van der Waals surface area contributed by atoms with E-state index in [4.69, 9.17) is 9.15 Å². The van der Waals surface area contributed by atoms with Gasteiger partial charge in [0.2, 0.25) is 5.91 Å². The summed E-state index contributed by atoms with van der Waals surface area (Å²) in [5, 5.41) is 2.85. The van der Waals surface area contributed by atoms with Crippen LogP contribution in [0, 0.1) is 0 Å². The van der Waals surface area contributed by atoms with Crippen molar-refractivity contribution in [2.24, 2.45) is 0 Å². The highest BCUT2D eigenvalue weighted by atomic mass is 16.5. The summed E-state index contributed by atoms with van der Waals surface area (Å²) in [6.07, 6.45) is 8.40. The first kappa shape index (κ1) is 20.2. The second-order valence-corrected chi connectivity index (χ2v) is 5.81. The Balaban J connectivity index is 2.42. The maximum atomic E-state index is 12.5. The third kappa shape index (κ3) is 8.15. The van der Waals surface area contributed by atoms with Crippen LogP contribution in [0.25, 0.3) is 0 Å². The first-order chi connectivity index (χ1) is 11.7. The Hall–Kier alpha value is -1.82. The van der Waals surface area contributed by atoms with Gasteiger partial charge < -0.3 is 19.4 Å². The molecule has 136 valence electrons. The molecule has 0 aromatic carbocycles. The van der Waals surface area contributed by atoms with E-state index in [1.54, 1.807) is 18.1 Å². The molecular formula is C18H30N2O4. The average Bonchev–Trinajstić information content (AvgIpc) is 3.12. The lowest BCUT2D eigenvalue weighted by Crippen LogP contribution is -2.36. The Bertz CT molecular complexity index is 460. The van der Waals surface area contributed by atoms with Crippen LogP contribution in [0.15, 0.2) is 23.0 Å². The highest BCUT2D eigenvalue weighted by Crippen LogP contribution is 2.09. The number of furan rings is 1. The molecule has 1 aromatic heterocycles. The number of hydrogen-bond donors (Lipinski definition) is 1. The van der Waals surface area contributed by atoms with Crippen LogP contribution < -0.4 is 5.32 Å². The van der Waals surface area contributed by atoms with E-state index >= 15 is 0 Å². The summed E-state index contributed by atoms with van der Waals surface area (Å²) in [6.45, 7) is 4.47. The van der Waals surface area contributed by atoms with Gasteiger partial charge in [-0.25, -0.2) is 0 Å². The molecule has 0 fully saturated rings. The molecule has 6 heteroatoms. The maximum Gasteiger partial charge on any atom is 0.257 e. The number of unbranched alkanes of at least 4 members (excludes halogenated alkanes) is 3. The predicted molar refractivity (Wildman–Crippen MR) is 92.9 cm³/mol. The second kappa shape index (κ2) is 12.6. The van der Waals surface area contributed by atoms with E-state index in [1.165, 1.54) is 12.5 Å². The van der Waals surface area contributed by atoms with E-state index < -0.39 is 0 Å². The number of rotatable bonds is 13. The van der Waals surface area contributed by atoms with Gasteiger partial charge in [0, 0.05) is 39.8 Å². The lowest BCUT2D eigenvalue weighted by Gasteiger charge is -2.22. The van der Waals surface area contributed by atoms with Gasteiger partial charge in [-0.05, 0) is 18.9 Å². The van der Waals surface area contributed by atoms with Crippen molar-refractivity contribution in [2.45, 2.75) is 45.4 Å². The van der Waals surface area contributed by atoms with Crippen molar-refractivity contribution in [3.05, 3.63) is 24.2 Å². The molecule has 24 heavy (non-hydrogen) atoms. The predicted octanol–water partition coefficient (Wildman–Crippen LogP) is 2.84. The maximum absolute atomic E-state index is 12.5. The third-order valence-corrected chi connectivity index (χ3v) is 3.79. The molecule has 1 heterocycles. The average molecular weight is 338 g/mol. The number of nitrogens with zero attached hydrogens (tertiary/aromatic N) is 1. The Morgan fingerprint density at radius 1 is 1.21 bits per heavy atom. The summed E-state index contributed by atoms with van der Waals surface area (Å²) in [4.78, 5) is 26.1. The minimum absolute atomic E-state index is 0.0374. The summed E-state index contributed by atoms with van der Waals surface area (Å²) < 4.78 is 9.94. The van der Waals surface area contributed by atoms with Crippen LogP contribution in [0.2, 0.25) is 0 Å². The monoisotopic (exact) mass is 338 g/mol. The number of nitrogens with one attached hydrogen (secondary N) is 1. The second-order valence-electron chi connectivity index (χ2n) is 5.81. The van der Waals surface area contributed by atoms with Crippen molar-refractivity contribution < 1.29 is 18.7 Å². The van der Waals surface area contributed by atoms with Gasteiger partial charge in [0.15, 0.2) is 0 Å². The molecule has 2 amide bonds. The number of amides is 2. The fraction of sp³-hybridized carbons (Fsp3) is 0.667. The smallest absolute Gasteiger partial charge is 0.257 e. The third-order valence-electron chi connectivity index (χ3n) is 3.79. The van der Waals surface area contributed by atoms with Crippen molar-refractivity contribution >= 4 is 11.8 Å². The summed E-state index contributed by atoms with van der Waals surface area (Å²) in [5.41, 5.74) is 0.533. The minimum Gasteiger partial charge on any atom is -0.472 e. The van der Waals surface area contributed by atoms with Crippen molar-refractivity contribution in [1.29, 1.82) is 0 Å². The zero-order valence-electron chi connectivity index (χ0n) is 14.9. The van der Waals surface area contributed by atoms with Crippen LogP contribution >= 0.6 is 0 Å². The van der Waals surface area contributed by atoms with Crippen molar-refractivity contribution in [1.82, 2.24) is 10.2 Å². The number of hydrogen-bond acceptors (Lipinski definition) is 4. The highest BCUT2D eigenvalue weighted by Gasteiger charge is 2.17. The van der Waals surface area contributed by atoms with Gasteiger partial charge in [0.05, 0.1) is 11.8 Å². The van der Waals surface area contributed by atoms with E-state index in [1.807, 2.05) is 0 Å². The number of carbonyl (C=O) groups excluding carboxylic acids is 2. The lowest BCUT2D eigenvalue weighted by molar-refractivity contribution is -0.121. The van der Waals surface area contributed by atoms with E-state index in [0.717, 1.165) is 32.1 Å². The highest BCUT2D eigenvalue weighted by molar-refractivity contribution is 5.94. The number of ether oxygens (including phenoxy) is 1. The molecule has 0 aliphatic carbocycles. The zero-order valence-corrected chi connectivity index (χ0v) is 14.9. The molecule has 0 saturated heterocycles. The minimum atomic E-state index is -0.0765. The van der Waals surface area contributed by atoms with Crippen LogP contribution in [-0.4, -0.2) is 50.1 Å². The number of methoxy groups -OCH3 is 1. The van der Waals surface area contributed by atoms with E-state index in [0.29, 0.717) is 38.2 Å². The molecule has 1 rings (SSSR count). The molecule has 0 saturated carbocycles. The summed E-state index contributed by atoms with van der Waals surface area (Å²) >= 11 is 0. The molecule has 0 atom stereocenters. The first-order valence-corrected chi connectivity index (χ1v) is 8.76. The topological polar surface area (TPSA) is 71.8 Å². The van der Waals surface area contributed by atoms with E-state index in [2.05, 4.69) is 12.2 Å². The van der Waals surface area contributed by atoms with Gasteiger partial charge in [-0.2, -0.15) is 0 Å². The molecule has 0 aliphatic heterocycles. The largest absolute Gasteiger partial charge is 0.472 e. The van der Waals surface area contributed by atoms with Gasteiger partial charge in [-0.3, -0.25) is 9.59 Å². The van der Waals surface area contributed by atoms with Gasteiger partial charge in [-0.1, -0.05) is 26.2 Å². The Kier molecular flexibility index (Phi) is 10.6. The standard InChI is InChI=1S/C18H30N2O4/c1-3-4-5-6-11-20(18(22)16-9-14-24-15-16)12-8-17(21)19-10-7-13-23-2/h9,14-15H,3-8,10-13H2,1-2H3,(H,19,21). The summed E-state index contributed by atoms with van der Waals surface area (Å²) in [7, 11) is 1.64. The molecule has 1 N–H and O–H groups in total. The fourth-order valence-corrected chi connectivity index (χ4v) is 2.38.